The molecule has 2 aromatic rings. The summed E-state index contributed by atoms with van der Waals surface area (Å²) in [4.78, 5) is 4.41. The highest BCUT2D eigenvalue weighted by molar-refractivity contribution is 6.33. The largest absolute Gasteiger partial charge is 0.506 e. The minimum Gasteiger partial charge on any atom is -0.506 e. The molecule has 0 saturated carbocycles. The molecule has 0 radical (unpaired) electrons. The van der Waals surface area contributed by atoms with Crippen molar-refractivity contribution in [1.29, 1.82) is 0 Å². The molecule has 1 fully saturated rings. The maximum atomic E-state index is 9.81. The normalized spacial score (nSPS) is 17.7. The van der Waals surface area contributed by atoms with E-state index in [0.717, 1.165) is 31.8 Å². The van der Waals surface area contributed by atoms with Gasteiger partial charge in [0, 0.05) is 12.1 Å². The molecule has 0 unspecified atom stereocenters. The van der Waals surface area contributed by atoms with Crippen molar-refractivity contribution in [3.05, 3.63) is 29.3 Å². The lowest BCUT2D eigenvalue weighted by Crippen LogP contribution is -2.27. The summed E-state index contributed by atoms with van der Waals surface area (Å²) in [6.07, 6.45) is 4.03. The molecule has 2 N–H and O–H groups in total. The Labute approximate surface area is 104 Å². The molecule has 0 spiro atoms. The first-order chi connectivity index (χ1) is 8.27. The number of piperidine rings is 1. The first kappa shape index (κ1) is 10.9. The van der Waals surface area contributed by atoms with Crippen LogP contribution < -0.4 is 5.32 Å². The Bertz CT molecular complexity index is 546. The van der Waals surface area contributed by atoms with Crippen molar-refractivity contribution >= 4 is 17.1 Å². The number of fused-ring (bicyclic) bond motifs is 1. The van der Waals surface area contributed by atoms with Crippen LogP contribution in [0, 0.1) is 0 Å². The summed E-state index contributed by atoms with van der Waals surface area (Å²) in [6.45, 7) is 2.02. The van der Waals surface area contributed by atoms with Gasteiger partial charge in [0.15, 0.2) is 5.15 Å². The van der Waals surface area contributed by atoms with Crippen LogP contribution in [-0.4, -0.2) is 27.6 Å². The van der Waals surface area contributed by atoms with Crippen LogP contribution in [-0.2, 0) is 0 Å². The minimum atomic E-state index is 0.185. The number of rotatable bonds is 1. The lowest BCUT2D eigenvalue weighted by Gasteiger charge is -2.21. The predicted octanol–water partition coefficient (Wildman–Crippen LogP) is 2.16. The van der Waals surface area contributed by atoms with Gasteiger partial charge in [0.25, 0.3) is 0 Å². The summed E-state index contributed by atoms with van der Waals surface area (Å²) in [6, 6.07) is 3.44. The Hall–Kier alpha value is -1.26. The molecule has 0 aromatic carbocycles. The van der Waals surface area contributed by atoms with Gasteiger partial charge in [-0.3, -0.25) is 4.40 Å². The monoisotopic (exact) mass is 251 g/mol. The Morgan fingerprint density at radius 3 is 2.94 bits per heavy atom. The molecule has 4 nitrogen and oxygen atoms in total. The average molecular weight is 252 g/mol. The number of imidazole rings is 1. The van der Waals surface area contributed by atoms with Crippen LogP contribution in [0.2, 0.25) is 5.15 Å². The quantitative estimate of drug-likeness (QED) is 0.817. The third-order valence-electron chi connectivity index (χ3n) is 3.33. The van der Waals surface area contributed by atoms with Crippen LogP contribution in [0.25, 0.3) is 5.52 Å². The van der Waals surface area contributed by atoms with E-state index in [1.165, 1.54) is 0 Å². The molecule has 5 heteroatoms. The van der Waals surface area contributed by atoms with E-state index in [1.54, 1.807) is 6.07 Å². The second kappa shape index (κ2) is 4.20. The fourth-order valence-electron chi connectivity index (χ4n) is 2.47. The Balaban J connectivity index is 2.13. The van der Waals surface area contributed by atoms with Gasteiger partial charge in [-0.1, -0.05) is 11.6 Å². The lowest BCUT2D eigenvalue weighted by atomic mass is 9.97. The highest BCUT2D eigenvalue weighted by atomic mass is 35.5. The van der Waals surface area contributed by atoms with Gasteiger partial charge in [-0.2, -0.15) is 0 Å². The summed E-state index contributed by atoms with van der Waals surface area (Å²) in [5, 5.41) is 13.5. The Morgan fingerprint density at radius 1 is 1.41 bits per heavy atom. The molecular weight excluding hydrogens is 238 g/mol. The van der Waals surface area contributed by atoms with E-state index < -0.39 is 0 Å². The fourth-order valence-corrected chi connectivity index (χ4v) is 2.74. The number of pyridine rings is 1. The standard InChI is InChI=1S/C12H14ClN3O/c13-11-10-9(17)2-1-7-16(10)12(15-11)8-3-5-14-6-4-8/h1-2,7-8,14,17H,3-6H2. The summed E-state index contributed by atoms with van der Waals surface area (Å²) in [5.41, 5.74) is 0.614. The van der Waals surface area contributed by atoms with Gasteiger partial charge < -0.3 is 10.4 Å². The van der Waals surface area contributed by atoms with Gasteiger partial charge >= 0.3 is 0 Å². The van der Waals surface area contributed by atoms with Crippen molar-refractivity contribution in [2.24, 2.45) is 0 Å². The fraction of sp³-hybridized carbons (Fsp3) is 0.417. The summed E-state index contributed by atoms with van der Waals surface area (Å²) in [7, 11) is 0. The van der Waals surface area contributed by atoms with Gasteiger partial charge in [0.2, 0.25) is 0 Å². The molecule has 1 aliphatic rings. The van der Waals surface area contributed by atoms with Gasteiger partial charge in [-0.25, -0.2) is 4.98 Å². The van der Waals surface area contributed by atoms with Crippen molar-refractivity contribution in [1.82, 2.24) is 14.7 Å². The van der Waals surface area contributed by atoms with Crippen LogP contribution in [0.15, 0.2) is 18.3 Å². The molecule has 0 atom stereocenters. The van der Waals surface area contributed by atoms with E-state index in [-0.39, 0.29) is 5.75 Å². The van der Waals surface area contributed by atoms with E-state index in [4.69, 9.17) is 11.6 Å². The zero-order chi connectivity index (χ0) is 11.8. The molecule has 3 rings (SSSR count). The van der Waals surface area contributed by atoms with Crippen molar-refractivity contribution in [2.45, 2.75) is 18.8 Å². The Morgan fingerprint density at radius 2 is 2.18 bits per heavy atom. The van der Waals surface area contributed by atoms with Gasteiger partial charge in [-0.15, -0.1) is 0 Å². The van der Waals surface area contributed by atoms with Crippen LogP contribution in [0.4, 0.5) is 0 Å². The van der Waals surface area contributed by atoms with Crippen LogP contribution >= 0.6 is 11.6 Å². The smallest absolute Gasteiger partial charge is 0.158 e. The number of aromatic hydroxyl groups is 1. The topological polar surface area (TPSA) is 49.6 Å². The number of hydrogen-bond acceptors (Lipinski definition) is 3. The van der Waals surface area contributed by atoms with E-state index in [2.05, 4.69) is 10.3 Å². The number of nitrogens with zero attached hydrogens (tertiary/aromatic N) is 2. The average Bonchev–Trinajstić information content (AvgIpc) is 2.69. The number of aromatic nitrogens is 2. The second-order valence-corrected chi connectivity index (χ2v) is 4.76. The van der Waals surface area contributed by atoms with Crippen LogP contribution in [0.5, 0.6) is 5.75 Å². The molecule has 17 heavy (non-hydrogen) atoms. The van der Waals surface area contributed by atoms with Gasteiger partial charge in [0.05, 0.1) is 0 Å². The zero-order valence-corrected chi connectivity index (χ0v) is 10.1. The van der Waals surface area contributed by atoms with Crippen molar-refractivity contribution in [2.75, 3.05) is 13.1 Å². The third kappa shape index (κ3) is 1.77. The van der Waals surface area contributed by atoms with E-state index in [0.29, 0.717) is 16.6 Å². The molecule has 2 aromatic heterocycles. The van der Waals surface area contributed by atoms with Crippen LogP contribution in [0.3, 0.4) is 0 Å². The molecule has 1 saturated heterocycles. The first-order valence-electron chi connectivity index (χ1n) is 5.83. The molecule has 90 valence electrons. The predicted molar refractivity (Wildman–Crippen MR) is 66.7 cm³/mol. The molecule has 0 amide bonds. The highest BCUT2D eigenvalue weighted by Gasteiger charge is 2.22. The number of halogens is 1. The van der Waals surface area contributed by atoms with Gasteiger partial charge in [0.1, 0.15) is 17.1 Å². The molecule has 0 aliphatic carbocycles. The minimum absolute atomic E-state index is 0.185. The maximum Gasteiger partial charge on any atom is 0.158 e. The molecule has 0 bridgehead atoms. The lowest BCUT2D eigenvalue weighted by molar-refractivity contribution is 0.443. The number of hydrogen-bond donors (Lipinski definition) is 2. The summed E-state index contributed by atoms with van der Waals surface area (Å²) < 4.78 is 1.91. The third-order valence-corrected chi connectivity index (χ3v) is 3.60. The van der Waals surface area contributed by atoms with Crippen LogP contribution in [0.1, 0.15) is 24.6 Å². The SMILES string of the molecule is Oc1cccn2c(C3CCNCC3)nc(Cl)c12. The number of nitrogens with one attached hydrogen (secondary N) is 1. The van der Waals surface area contributed by atoms with Crippen molar-refractivity contribution in [3.63, 3.8) is 0 Å². The Kier molecular flexibility index (Phi) is 2.68. The molecule has 3 heterocycles. The van der Waals surface area contributed by atoms with Gasteiger partial charge in [-0.05, 0) is 38.1 Å². The maximum absolute atomic E-state index is 9.81. The first-order valence-corrected chi connectivity index (χ1v) is 6.21. The highest BCUT2D eigenvalue weighted by Crippen LogP contribution is 2.32. The van der Waals surface area contributed by atoms with E-state index in [9.17, 15) is 5.11 Å². The van der Waals surface area contributed by atoms with Crippen molar-refractivity contribution in [3.8, 4) is 5.75 Å². The molecular formula is C12H14ClN3O. The molecule has 1 aliphatic heterocycles. The van der Waals surface area contributed by atoms with E-state index in [1.807, 2.05) is 16.7 Å². The zero-order valence-electron chi connectivity index (χ0n) is 9.36. The summed E-state index contributed by atoms with van der Waals surface area (Å²) in [5.74, 6) is 1.56. The summed E-state index contributed by atoms with van der Waals surface area (Å²) >= 11 is 6.09. The van der Waals surface area contributed by atoms with E-state index >= 15 is 0 Å². The second-order valence-electron chi connectivity index (χ2n) is 4.40. The van der Waals surface area contributed by atoms with Crippen molar-refractivity contribution < 1.29 is 5.11 Å².